The second-order valence-electron chi connectivity index (χ2n) is 4.66. The van der Waals surface area contributed by atoms with Gasteiger partial charge in [-0.25, -0.2) is 18.1 Å². The van der Waals surface area contributed by atoms with Gasteiger partial charge in [-0.2, -0.15) is 0 Å². The number of rotatable bonds is 6. The zero-order valence-corrected chi connectivity index (χ0v) is 14.6. The van der Waals surface area contributed by atoms with Crippen molar-refractivity contribution in [2.45, 2.75) is 24.4 Å². The van der Waals surface area contributed by atoms with Gasteiger partial charge in [-0.3, -0.25) is 0 Å². The number of nitrogens with one attached hydrogen (secondary N) is 1. The van der Waals surface area contributed by atoms with E-state index in [4.69, 9.17) is 5.73 Å². The monoisotopic (exact) mass is 389 g/mol. The molecule has 2 aromatic rings. The van der Waals surface area contributed by atoms with Crippen LogP contribution in [0.5, 0.6) is 0 Å². The highest BCUT2D eigenvalue weighted by Crippen LogP contribution is 2.26. The minimum Gasteiger partial charge on any atom is -0.328 e. The van der Waals surface area contributed by atoms with E-state index in [2.05, 4.69) is 25.6 Å². The Morgan fingerprint density at radius 2 is 2.05 bits per heavy atom. The third-order valence-corrected chi connectivity index (χ3v) is 5.65. The molecule has 1 heterocycles. The van der Waals surface area contributed by atoms with Gasteiger partial charge in [0.05, 0.1) is 0 Å². The lowest BCUT2D eigenvalue weighted by atomic mass is 10.2. The van der Waals surface area contributed by atoms with Crippen LogP contribution in [0.4, 0.5) is 0 Å². The molecule has 1 aromatic heterocycles. The first-order chi connectivity index (χ1) is 9.88. The second-order valence-corrected chi connectivity index (χ2v) is 8.15. The van der Waals surface area contributed by atoms with Gasteiger partial charge in [-0.15, -0.1) is 11.3 Å². The van der Waals surface area contributed by atoms with Crippen LogP contribution in [0.1, 0.15) is 13.3 Å². The molecule has 1 aromatic carbocycles. The summed E-state index contributed by atoms with van der Waals surface area (Å²) in [6, 6.07) is 7.53. The number of thiazole rings is 1. The number of nitrogens with two attached hydrogens (primary N) is 1. The molecule has 0 radical (unpaired) electrons. The number of halogens is 1. The van der Waals surface area contributed by atoms with E-state index in [-0.39, 0.29) is 11.1 Å². The number of sulfonamides is 1. The molecule has 21 heavy (non-hydrogen) atoms. The molecule has 3 N–H and O–H groups in total. The van der Waals surface area contributed by atoms with Gasteiger partial charge in [0.25, 0.3) is 10.0 Å². The van der Waals surface area contributed by atoms with E-state index in [1.54, 1.807) is 5.38 Å². The molecule has 8 heteroatoms. The van der Waals surface area contributed by atoms with Gasteiger partial charge in [0.1, 0.15) is 5.01 Å². The Kier molecular flexibility index (Phi) is 5.50. The molecule has 1 atom stereocenters. The van der Waals surface area contributed by atoms with Crippen molar-refractivity contribution in [3.63, 3.8) is 0 Å². The lowest BCUT2D eigenvalue weighted by Gasteiger charge is -2.06. The normalized spacial score (nSPS) is 13.3. The summed E-state index contributed by atoms with van der Waals surface area (Å²) in [6.07, 6.45) is 0.586. The maximum atomic E-state index is 12.1. The molecular formula is C13H16BrN3O2S2. The molecule has 0 fully saturated rings. The maximum absolute atomic E-state index is 12.1. The molecule has 2 rings (SSSR count). The average molecular weight is 390 g/mol. The van der Waals surface area contributed by atoms with Crippen molar-refractivity contribution in [1.29, 1.82) is 0 Å². The van der Waals surface area contributed by atoms with Crippen molar-refractivity contribution in [2.75, 3.05) is 6.54 Å². The van der Waals surface area contributed by atoms with Crippen LogP contribution in [0.2, 0.25) is 0 Å². The summed E-state index contributed by atoms with van der Waals surface area (Å²) in [6.45, 7) is 2.15. The lowest BCUT2D eigenvalue weighted by Crippen LogP contribution is -2.29. The van der Waals surface area contributed by atoms with Crippen LogP contribution in [0.3, 0.4) is 0 Å². The van der Waals surface area contributed by atoms with Crippen LogP contribution >= 0.6 is 27.3 Å². The van der Waals surface area contributed by atoms with Crippen molar-refractivity contribution in [2.24, 2.45) is 5.73 Å². The first-order valence-electron chi connectivity index (χ1n) is 6.35. The molecule has 5 nitrogen and oxygen atoms in total. The Morgan fingerprint density at radius 1 is 1.38 bits per heavy atom. The lowest BCUT2D eigenvalue weighted by molar-refractivity contribution is 0.569. The van der Waals surface area contributed by atoms with E-state index in [0.717, 1.165) is 10.0 Å². The van der Waals surface area contributed by atoms with Crippen molar-refractivity contribution in [3.8, 4) is 10.6 Å². The highest BCUT2D eigenvalue weighted by atomic mass is 79.9. The summed E-state index contributed by atoms with van der Waals surface area (Å²) in [5.74, 6) is 0. The van der Waals surface area contributed by atoms with Crippen LogP contribution in [-0.2, 0) is 10.0 Å². The number of benzene rings is 1. The van der Waals surface area contributed by atoms with Crippen LogP contribution in [0.25, 0.3) is 10.6 Å². The third kappa shape index (κ3) is 4.58. The Balaban J connectivity index is 2.13. The standard InChI is InChI=1S/C13H16BrN3O2S2/c1-9(15)6-7-16-21(18,19)12-8-20-13(17-12)10-2-4-11(14)5-3-10/h2-5,8-9,16H,6-7,15H2,1H3. The fourth-order valence-electron chi connectivity index (χ4n) is 1.60. The van der Waals surface area contributed by atoms with Gasteiger partial charge in [0.15, 0.2) is 5.03 Å². The summed E-state index contributed by atoms with van der Waals surface area (Å²) >= 11 is 4.67. The van der Waals surface area contributed by atoms with Crippen molar-refractivity contribution >= 4 is 37.3 Å². The average Bonchev–Trinajstić information content (AvgIpc) is 2.89. The van der Waals surface area contributed by atoms with Crippen LogP contribution in [-0.4, -0.2) is 26.0 Å². The topological polar surface area (TPSA) is 85.1 Å². The van der Waals surface area contributed by atoms with Gasteiger partial charge in [-0.05, 0) is 25.5 Å². The minimum atomic E-state index is -3.57. The van der Waals surface area contributed by atoms with Crippen LogP contribution < -0.4 is 10.5 Å². The first-order valence-corrected chi connectivity index (χ1v) is 9.51. The Bertz CT molecular complexity index is 696. The molecule has 0 aliphatic carbocycles. The number of hydrogen-bond donors (Lipinski definition) is 2. The predicted octanol–water partition coefficient (Wildman–Crippen LogP) is 2.59. The fourth-order valence-corrected chi connectivity index (χ4v) is 4.01. The van der Waals surface area contributed by atoms with E-state index in [9.17, 15) is 8.42 Å². The number of aromatic nitrogens is 1. The van der Waals surface area contributed by atoms with E-state index < -0.39 is 10.0 Å². The van der Waals surface area contributed by atoms with E-state index >= 15 is 0 Å². The SMILES string of the molecule is CC(N)CCNS(=O)(=O)c1csc(-c2ccc(Br)cc2)n1. The van der Waals surface area contributed by atoms with Crippen molar-refractivity contribution in [1.82, 2.24) is 9.71 Å². The zero-order valence-electron chi connectivity index (χ0n) is 11.4. The fraction of sp³-hybridized carbons (Fsp3) is 0.308. The molecule has 0 saturated heterocycles. The summed E-state index contributed by atoms with van der Waals surface area (Å²) in [7, 11) is -3.57. The molecule has 0 saturated carbocycles. The van der Waals surface area contributed by atoms with Gasteiger partial charge >= 0.3 is 0 Å². The molecule has 1 unspecified atom stereocenters. The van der Waals surface area contributed by atoms with Crippen molar-refractivity contribution < 1.29 is 8.42 Å². The summed E-state index contributed by atoms with van der Waals surface area (Å²) in [5, 5.41) is 2.27. The van der Waals surface area contributed by atoms with Gasteiger partial charge < -0.3 is 5.73 Å². The second kappa shape index (κ2) is 6.97. The number of nitrogens with zero attached hydrogens (tertiary/aromatic N) is 1. The smallest absolute Gasteiger partial charge is 0.258 e. The van der Waals surface area contributed by atoms with E-state index in [1.165, 1.54) is 11.3 Å². The van der Waals surface area contributed by atoms with Crippen LogP contribution in [0.15, 0.2) is 39.1 Å². The number of hydrogen-bond acceptors (Lipinski definition) is 5. The first kappa shape index (κ1) is 16.6. The van der Waals surface area contributed by atoms with E-state index in [0.29, 0.717) is 18.0 Å². The molecular weight excluding hydrogens is 374 g/mol. The van der Waals surface area contributed by atoms with E-state index in [1.807, 2.05) is 31.2 Å². The van der Waals surface area contributed by atoms with Gasteiger partial charge in [0, 0.05) is 28.0 Å². The Morgan fingerprint density at radius 3 is 2.67 bits per heavy atom. The zero-order chi connectivity index (χ0) is 15.5. The summed E-state index contributed by atoms with van der Waals surface area (Å²) in [5.41, 5.74) is 6.49. The van der Waals surface area contributed by atoms with Crippen molar-refractivity contribution in [3.05, 3.63) is 34.1 Å². The molecule has 114 valence electrons. The summed E-state index contributed by atoms with van der Waals surface area (Å²) in [4.78, 5) is 4.20. The maximum Gasteiger partial charge on any atom is 0.258 e. The predicted molar refractivity (Wildman–Crippen MR) is 88.7 cm³/mol. The largest absolute Gasteiger partial charge is 0.328 e. The van der Waals surface area contributed by atoms with Gasteiger partial charge in [-0.1, -0.05) is 28.1 Å². The Hall–Kier alpha value is -0.800. The highest BCUT2D eigenvalue weighted by molar-refractivity contribution is 9.10. The molecule has 0 spiro atoms. The molecule has 0 aliphatic heterocycles. The van der Waals surface area contributed by atoms with Gasteiger partial charge in [0.2, 0.25) is 0 Å². The Labute approximate surface area is 136 Å². The highest BCUT2D eigenvalue weighted by Gasteiger charge is 2.18. The summed E-state index contributed by atoms with van der Waals surface area (Å²) < 4.78 is 27.7. The third-order valence-electron chi connectivity index (χ3n) is 2.74. The quantitative estimate of drug-likeness (QED) is 0.794. The molecule has 0 bridgehead atoms. The minimum absolute atomic E-state index is 0.0403. The molecule has 0 aliphatic rings. The van der Waals surface area contributed by atoms with Crippen LogP contribution in [0, 0.1) is 0 Å². The molecule has 0 amide bonds.